The van der Waals surface area contributed by atoms with Crippen molar-refractivity contribution in [3.05, 3.63) is 59.2 Å². The van der Waals surface area contributed by atoms with E-state index < -0.39 is 17.8 Å². The van der Waals surface area contributed by atoms with Crippen LogP contribution < -0.4 is 24.6 Å². The van der Waals surface area contributed by atoms with Gasteiger partial charge in [0.15, 0.2) is 0 Å². The largest absolute Gasteiger partial charge is 0.496 e. The smallest absolute Gasteiger partial charge is 0.335 e. The lowest BCUT2D eigenvalue weighted by Crippen LogP contribution is -2.54. The average molecular weight is 490 g/mol. The minimum atomic E-state index is -0.802. The molecule has 2 heterocycles. The van der Waals surface area contributed by atoms with Gasteiger partial charge >= 0.3 is 6.03 Å². The number of barbiturate groups is 1. The van der Waals surface area contributed by atoms with Crippen LogP contribution >= 0.6 is 0 Å². The quantitative estimate of drug-likeness (QED) is 0.464. The van der Waals surface area contributed by atoms with Crippen LogP contribution in [0.15, 0.2) is 48.0 Å². The van der Waals surface area contributed by atoms with Crippen molar-refractivity contribution in [2.75, 3.05) is 30.1 Å². The van der Waals surface area contributed by atoms with Crippen LogP contribution in [0.25, 0.3) is 11.6 Å². The van der Waals surface area contributed by atoms with E-state index in [9.17, 15) is 14.4 Å². The number of hydrogen-bond acceptors (Lipinski definition) is 6. The van der Waals surface area contributed by atoms with Crippen molar-refractivity contribution >= 4 is 40.9 Å². The van der Waals surface area contributed by atoms with Crippen LogP contribution in [0.3, 0.4) is 0 Å². The van der Waals surface area contributed by atoms with E-state index in [4.69, 9.17) is 9.47 Å². The number of amides is 4. The second-order valence-electron chi connectivity index (χ2n) is 9.22. The summed E-state index contributed by atoms with van der Waals surface area (Å²) in [5.41, 5.74) is 3.67. The maximum absolute atomic E-state index is 13.4. The summed E-state index contributed by atoms with van der Waals surface area (Å²) in [5.74, 6) is -0.327. The van der Waals surface area contributed by atoms with Crippen LogP contribution in [-0.2, 0) is 9.59 Å². The summed E-state index contributed by atoms with van der Waals surface area (Å²) in [6, 6.07) is 9.59. The molecule has 0 saturated carbocycles. The van der Waals surface area contributed by atoms with Crippen LogP contribution in [0.4, 0.5) is 16.2 Å². The first-order chi connectivity index (χ1) is 17.1. The molecule has 2 aliphatic heterocycles. The number of hydrogen-bond donors (Lipinski definition) is 1. The van der Waals surface area contributed by atoms with E-state index >= 15 is 0 Å². The minimum absolute atomic E-state index is 0.160. The van der Waals surface area contributed by atoms with Gasteiger partial charge < -0.3 is 14.4 Å². The standard InChI is InChI=1S/C28H31N3O5/c1-7-30-23-15-24(35-6)18(13-21(23)17(3)16-28(30,4)5)14-22-25(32)29-27(34)31(26(22)33)19-9-11-20(12-10-19)36-8-2/h9-16H,7-8H2,1-6H3,(H,29,32,34)/b22-14-. The van der Waals surface area contributed by atoms with Crippen molar-refractivity contribution in [1.29, 1.82) is 0 Å². The van der Waals surface area contributed by atoms with Crippen LogP contribution in [0.1, 0.15) is 45.7 Å². The van der Waals surface area contributed by atoms with Gasteiger partial charge in [-0.15, -0.1) is 0 Å². The van der Waals surface area contributed by atoms with Gasteiger partial charge in [-0.25, -0.2) is 9.69 Å². The molecule has 0 bridgehead atoms. The molecule has 188 valence electrons. The Bertz CT molecular complexity index is 1290. The molecule has 4 amide bonds. The normalized spacial score (nSPS) is 18.1. The molecule has 8 heteroatoms. The van der Waals surface area contributed by atoms with Gasteiger partial charge in [0.25, 0.3) is 11.8 Å². The van der Waals surface area contributed by atoms with Crippen LogP contribution in [0, 0.1) is 0 Å². The lowest BCUT2D eigenvalue weighted by molar-refractivity contribution is -0.122. The number of urea groups is 1. The Hall–Kier alpha value is -4.07. The summed E-state index contributed by atoms with van der Waals surface area (Å²) in [7, 11) is 1.55. The number of nitrogens with zero attached hydrogens (tertiary/aromatic N) is 2. The molecule has 8 nitrogen and oxygen atoms in total. The van der Waals surface area contributed by atoms with Crippen molar-refractivity contribution in [3.63, 3.8) is 0 Å². The third-order valence-corrected chi connectivity index (χ3v) is 6.45. The predicted octanol–water partition coefficient (Wildman–Crippen LogP) is 4.78. The number of ether oxygens (including phenoxy) is 2. The van der Waals surface area contributed by atoms with Crippen molar-refractivity contribution in [1.82, 2.24) is 5.32 Å². The summed E-state index contributed by atoms with van der Waals surface area (Å²) >= 11 is 0. The third kappa shape index (κ3) is 4.34. The number of rotatable bonds is 6. The monoisotopic (exact) mass is 489 g/mol. The maximum atomic E-state index is 13.4. The molecule has 36 heavy (non-hydrogen) atoms. The lowest BCUT2D eigenvalue weighted by atomic mass is 9.87. The number of carbonyl (C=O) groups excluding carboxylic acids is 3. The van der Waals surface area contributed by atoms with E-state index in [1.807, 2.05) is 26.0 Å². The van der Waals surface area contributed by atoms with Crippen molar-refractivity contribution in [3.8, 4) is 11.5 Å². The Labute approximate surface area is 211 Å². The first kappa shape index (κ1) is 25.0. The van der Waals surface area contributed by atoms with Gasteiger partial charge in [-0.3, -0.25) is 14.9 Å². The molecular weight excluding hydrogens is 458 g/mol. The van der Waals surface area contributed by atoms with E-state index in [0.29, 0.717) is 29.4 Å². The molecule has 4 rings (SSSR count). The Balaban J connectivity index is 1.78. The van der Waals surface area contributed by atoms with E-state index in [2.05, 4.69) is 37.1 Å². The molecule has 0 atom stereocenters. The number of imide groups is 2. The number of fused-ring (bicyclic) bond motifs is 1. The number of benzene rings is 2. The minimum Gasteiger partial charge on any atom is -0.496 e. The SMILES string of the molecule is CCOc1ccc(N2C(=O)NC(=O)/C(=C/c3cc4c(cc3OC)N(CC)C(C)(C)C=C4C)C2=O)cc1. The molecule has 1 fully saturated rings. The van der Waals surface area contributed by atoms with E-state index in [-0.39, 0.29) is 11.1 Å². The lowest BCUT2D eigenvalue weighted by Gasteiger charge is -2.43. The topological polar surface area (TPSA) is 88.2 Å². The zero-order chi connectivity index (χ0) is 26.2. The van der Waals surface area contributed by atoms with Gasteiger partial charge in [0.1, 0.15) is 17.1 Å². The molecule has 2 aliphatic rings. The number of nitrogens with one attached hydrogen (secondary N) is 1. The van der Waals surface area contributed by atoms with E-state index in [0.717, 1.165) is 28.3 Å². The van der Waals surface area contributed by atoms with Crippen LogP contribution in [-0.4, -0.2) is 43.6 Å². The van der Waals surface area contributed by atoms with Crippen molar-refractivity contribution < 1.29 is 23.9 Å². The Morgan fingerprint density at radius 3 is 2.36 bits per heavy atom. The second kappa shape index (κ2) is 9.53. The predicted molar refractivity (Wildman–Crippen MR) is 140 cm³/mol. The third-order valence-electron chi connectivity index (χ3n) is 6.45. The fourth-order valence-electron chi connectivity index (χ4n) is 4.89. The maximum Gasteiger partial charge on any atom is 0.335 e. The zero-order valence-electron chi connectivity index (χ0n) is 21.5. The molecule has 0 aromatic heterocycles. The number of carbonyl (C=O) groups is 3. The van der Waals surface area contributed by atoms with Gasteiger partial charge in [0.2, 0.25) is 0 Å². The number of allylic oxidation sites excluding steroid dienone is 1. The van der Waals surface area contributed by atoms with Crippen LogP contribution in [0.5, 0.6) is 11.5 Å². The first-order valence-corrected chi connectivity index (χ1v) is 11.9. The molecule has 0 unspecified atom stereocenters. The molecule has 0 radical (unpaired) electrons. The van der Waals surface area contributed by atoms with Gasteiger partial charge in [0.05, 0.1) is 24.9 Å². The summed E-state index contributed by atoms with van der Waals surface area (Å²) in [4.78, 5) is 41.9. The highest BCUT2D eigenvalue weighted by Crippen LogP contribution is 2.42. The van der Waals surface area contributed by atoms with Gasteiger partial charge in [-0.2, -0.15) is 0 Å². The molecule has 0 spiro atoms. The molecule has 1 N–H and O–H groups in total. The summed E-state index contributed by atoms with van der Waals surface area (Å²) in [5, 5.41) is 2.27. The van der Waals surface area contributed by atoms with Gasteiger partial charge in [-0.1, -0.05) is 6.08 Å². The van der Waals surface area contributed by atoms with Crippen LogP contribution in [0.2, 0.25) is 0 Å². The number of anilines is 2. The van der Waals surface area contributed by atoms with Gasteiger partial charge in [-0.05, 0) is 76.6 Å². The molecule has 2 aromatic carbocycles. The number of methoxy groups -OCH3 is 1. The average Bonchev–Trinajstić information content (AvgIpc) is 2.82. The first-order valence-electron chi connectivity index (χ1n) is 11.9. The summed E-state index contributed by atoms with van der Waals surface area (Å²) in [6.45, 7) is 11.6. The van der Waals surface area contributed by atoms with Gasteiger partial charge in [0, 0.05) is 29.4 Å². The van der Waals surface area contributed by atoms with Crippen molar-refractivity contribution in [2.45, 2.75) is 40.2 Å². The summed E-state index contributed by atoms with van der Waals surface area (Å²) < 4.78 is 11.1. The highest BCUT2D eigenvalue weighted by atomic mass is 16.5. The van der Waals surface area contributed by atoms with E-state index in [1.165, 1.54) is 6.08 Å². The Morgan fingerprint density at radius 2 is 1.75 bits per heavy atom. The second-order valence-corrected chi connectivity index (χ2v) is 9.22. The highest BCUT2D eigenvalue weighted by molar-refractivity contribution is 6.39. The molecule has 0 aliphatic carbocycles. The Kier molecular flexibility index (Phi) is 6.63. The molecular formula is C28H31N3O5. The molecule has 1 saturated heterocycles. The highest BCUT2D eigenvalue weighted by Gasteiger charge is 2.37. The zero-order valence-corrected chi connectivity index (χ0v) is 21.5. The summed E-state index contributed by atoms with van der Waals surface area (Å²) in [6.07, 6.45) is 3.68. The van der Waals surface area contributed by atoms with Crippen molar-refractivity contribution in [2.24, 2.45) is 0 Å². The fourth-order valence-corrected chi connectivity index (χ4v) is 4.89. The number of likely N-dealkylation sites (N-methyl/N-ethyl adjacent to an activating group) is 1. The fraction of sp³-hybridized carbons (Fsp3) is 0.321. The van der Waals surface area contributed by atoms with E-state index in [1.54, 1.807) is 31.4 Å². The Morgan fingerprint density at radius 1 is 1.06 bits per heavy atom. The molecule has 2 aromatic rings.